The van der Waals surface area contributed by atoms with E-state index in [1.54, 1.807) is 13.8 Å². The van der Waals surface area contributed by atoms with Crippen LogP contribution in [0.4, 0.5) is 0 Å². The highest BCUT2D eigenvalue weighted by atomic mass is 16.3. The summed E-state index contributed by atoms with van der Waals surface area (Å²) in [5, 5.41) is 13.7. The first-order chi connectivity index (χ1) is 5.90. The van der Waals surface area contributed by atoms with Crippen molar-refractivity contribution in [2.24, 2.45) is 0 Å². The Hall–Kier alpha value is -0.900. The molecule has 1 N–H and O–H groups in total. The lowest BCUT2D eigenvalue weighted by atomic mass is 10.1. The largest absolute Gasteiger partial charge is 0.390 e. The number of hydrogen-bond donors (Lipinski definition) is 1. The average Bonchev–Trinajstić information content (AvgIpc) is 2.31. The van der Waals surface area contributed by atoms with Crippen LogP contribution in [-0.2, 0) is 6.42 Å². The molecule has 0 aromatic carbocycles. The van der Waals surface area contributed by atoms with Gasteiger partial charge in [-0.1, -0.05) is 0 Å². The molecule has 1 aromatic rings. The fourth-order valence-corrected chi connectivity index (χ4v) is 1.22. The predicted molar refractivity (Wildman–Crippen MR) is 50.4 cm³/mol. The molecule has 0 bridgehead atoms. The maximum atomic E-state index is 9.61. The van der Waals surface area contributed by atoms with Crippen molar-refractivity contribution in [1.82, 2.24) is 14.8 Å². The monoisotopic (exact) mass is 183 g/mol. The number of aliphatic hydroxyl groups is 1. The second-order valence-corrected chi connectivity index (χ2v) is 4.20. The van der Waals surface area contributed by atoms with E-state index in [1.807, 2.05) is 18.5 Å². The lowest BCUT2D eigenvalue weighted by Crippen LogP contribution is -2.25. The summed E-state index contributed by atoms with van der Waals surface area (Å²) in [5.41, 5.74) is -0.723. The highest BCUT2D eigenvalue weighted by molar-refractivity contribution is 4.92. The second-order valence-electron chi connectivity index (χ2n) is 4.20. The Balaban J connectivity index is 2.83. The van der Waals surface area contributed by atoms with Gasteiger partial charge in [0.2, 0.25) is 0 Å². The van der Waals surface area contributed by atoms with Crippen LogP contribution in [0.5, 0.6) is 0 Å². The van der Waals surface area contributed by atoms with E-state index in [4.69, 9.17) is 0 Å². The van der Waals surface area contributed by atoms with Crippen LogP contribution in [0, 0.1) is 0 Å². The van der Waals surface area contributed by atoms with Gasteiger partial charge in [-0.25, -0.2) is 9.67 Å². The van der Waals surface area contributed by atoms with E-state index in [-0.39, 0.29) is 0 Å². The van der Waals surface area contributed by atoms with Crippen LogP contribution in [0.3, 0.4) is 0 Å². The zero-order valence-corrected chi connectivity index (χ0v) is 8.65. The lowest BCUT2D eigenvalue weighted by molar-refractivity contribution is 0.0772. The van der Waals surface area contributed by atoms with Crippen molar-refractivity contribution in [3.63, 3.8) is 0 Å². The van der Waals surface area contributed by atoms with Crippen molar-refractivity contribution < 1.29 is 5.11 Å². The molecule has 0 amide bonds. The smallest absolute Gasteiger partial charge is 0.138 e. The maximum absolute atomic E-state index is 9.61. The minimum absolute atomic E-state index is 0.292. The molecule has 1 aromatic heterocycles. The molecule has 0 radical (unpaired) electrons. The van der Waals surface area contributed by atoms with Crippen LogP contribution < -0.4 is 0 Å². The van der Waals surface area contributed by atoms with Crippen molar-refractivity contribution in [3.8, 4) is 0 Å². The topological polar surface area (TPSA) is 50.9 Å². The third-order valence-electron chi connectivity index (χ3n) is 1.73. The summed E-state index contributed by atoms with van der Waals surface area (Å²) in [4.78, 5) is 4.11. The van der Waals surface area contributed by atoms with Crippen molar-refractivity contribution in [2.45, 2.75) is 45.8 Å². The van der Waals surface area contributed by atoms with Crippen molar-refractivity contribution in [1.29, 1.82) is 0 Å². The van der Waals surface area contributed by atoms with E-state index < -0.39 is 5.60 Å². The third-order valence-corrected chi connectivity index (χ3v) is 1.73. The maximum Gasteiger partial charge on any atom is 0.138 e. The zero-order chi connectivity index (χ0) is 10.1. The fourth-order valence-electron chi connectivity index (χ4n) is 1.22. The molecular formula is C9H17N3O. The van der Waals surface area contributed by atoms with Crippen LogP contribution in [0.2, 0.25) is 0 Å². The van der Waals surface area contributed by atoms with Crippen LogP contribution in [0.1, 0.15) is 39.6 Å². The number of rotatable bonds is 3. The van der Waals surface area contributed by atoms with E-state index in [1.165, 1.54) is 6.33 Å². The van der Waals surface area contributed by atoms with E-state index >= 15 is 0 Å². The van der Waals surface area contributed by atoms with Gasteiger partial charge in [0.1, 0.15) is 12.2 Å². The van der Waals surface area contributed by atoms with Gasteiger partial charge in [-0.2, -0.15) is 5.10 Å². The van der Waals surface area contributed by atoms with Gasteiger partial charge in [-0.05, 0) is 27.7 Å². The molecule has 0 atom stereocenters. The SMILES string of the molecule is CC(C)n1ncnc1CC(C)(C)O. The summed E-state index contributed by atoms with van der Waals surface area (Å²) >= 11 is 0. The standard InChI is InChI=1S/C9H17N3O/c1-7(2)12-8(10-6-11-12)5-9(3,4)13/h6-7,13H,5H2,1-4H3. The van der Waals surface area contributed by atoms with Gasteiger partial charge in [0.15, 0.2) is 0 Å². The van der Waals surface area contributed by atoms with E-state index in [2.05, 4.69) is 10.1 Å². The normalized spacial score (nSPS) is 12.5. The van der Waals surface area contributed by atoms with E-state index in [0.29, 0.717) is 12.5 Å². The van der Waals surface area contributed by atoms with Crippen LogP contribution in [0.15, 0.2) is 6.33 Å². The Bertz CT molecular complexity index is 273. The molecule has 1 heterocycles. The van der Waals surface area contributed by atoms with Gasteiger partial charge < -0.3 is 5.11 Å². The molecule has 0 unspecified atom stereocenters. The molecule has 4 nitrogen and oxygen atoms in total. The van der Waals surface area contributed by atoms with Gasteiger partial charge in [-0.15, -0.1) is 0 Å². The van der Waals surface area contributed by atoms with E-state index in [0.717, 1.165) is 5.82 Å². The average molecular weight is 183 g/mol. The number of nitrogens with zero attached hydrogens (tertiary/aromatic N) is 3. The molecule has 74 valence electrons. The highest BCUT2D eigenvalue weighted by Crippen LogP contribution is 2.12. The molecule has 0 fully saturated rings. The van der Waals surface area contributed by atoms with Gasteiger partial charge in [0, 0.05) is 12.5 Å². The summed E-state index contributed by atoms with van der Waals surface area (Å²) < 4.78 is 1.83. The minimum atomic E-state index is -0.723. The predicted octanol–water partition coefficient (Wildman–Crippen LogP) is 1.17. The fraction of sp³-hybridized carbons (Fsp3) is 0.778. The Kier molecular flexibility index (Phi) is 2.71. The van der Waals surface area contributed by atoms with Crippen LogP contribution >= 0.6 is 0 Å². The van der Waals surface area contributed by atoms with Crippen molar-refractivity contribution in [2.75, 3.05) is 0 Å². The molecular weight excluding hydrogens is 166 g/mol. The summed E-state index contributed by atoms with van der Waals surface area (Å²) in [5.74, 6) is 0.836. The molecule has 0 spiro atoms. The molecule has 0 saturated heterocycles. The first kappa shape index (κ1) is 10.2. The van der Waals surface area contributed by atoms with Gasteiger partial charge in [-0.3, -0.25) is 0 Å². The lowest BCUT2D eigenvalue weighted by Gasteiger charge is -2.17. The Labute approximate surface area is 78.6 Å². The molecule has 13 heavy (non-hydrogen) atoms. The minimum Gasteiger partial charge on any atom is -0.390 e. The van der Waals surface area contributed by atoms with Gasteiger partial charge in [0.05, 0.1) is 5.60 Å². The molecule has 0 aliphatic heterocycles. The highest BCUT2D eigenvalue weighted by Gasteiger charge is 2.18. The van der Waals surface area contributed by atoms with Crippen LogP contribution in [-0.4, -0.2) is 25.5 Å². The quantitative estimate of drug-likeness (QED) is 0.765. The third kappa shape index (κ3) is 2.81. The van der Waals surface area contributed by atoms with Crippen molar-refractivity contribution >= 4 is 0 Å². The molecule has 0 saturated carbocycles. The summed E-state index contributed by atoms with van der Waals surface area (Å²) in [6, 6.07) is 0.292. The molecule has 1 rings (SSSR count). The van der Waals surface area contributed by atoms with E-state index in [9.17, 15) is 5.11 Å². The Morgan fingerprint density at radius 2 is 2.15 bits per heavy atom. The molecule has 0 aliphatic carbocycles. The Morgan fingerprint density at radius 3 is 2.62 bits per heavy atom. The first-order valence-corrected chi connectivity index (χ1v) is 4.51. The summed E-state index contributed by atoms with van der Waals surface area (Å²) in [6.45, 7) is 7.63. The summed E-state index contributed by atoms with van der Waals surface area (Å²) in [7, 11) is 0. The zero-order valence-electron chi connectivity index (χ0n) is 8.65. The number of hydrogen-bond acceptors (Lipinski definition) is 3. The second kappa shape index (κ2) is 3.46. The Morgan fingerprint density at radius 1 is 1.54 bits per heavy atom. The first-order valence-electron chi connectivity index (χ1n) is 4.51. The summed E-state index contributed by atoms with van der Waals surface area (Å²) in [6.07, 6.45) is 2.06. The van der Waals surface area contributed by atoms with Gasteiger partial charge >= 0.3 is 0 Å². The van der Waals surface area contributed by atoms with Crippen molar-refractivity contribution in [3.05, 3.63) is 12.2 Å². The molecule has 4 heteroatoms. The molecule has 0 aliphatic rings. The number of aromatic nitrogens is 3. The van der Waals surface area contributed by atoms with Gasteiger partial charge in [0.25, 0.3) is 0 Å². The van der Waals surface area contributed by atoms with Crippen LogP contribution in [0.25, 0.3) is 0 Å².